The number of anilines is 1. The van der Waals surface area contributed by atoms with Crippen LogP contribution in [0.3, 0.4) is 0 Å². The minimum absolute atomic E-state index is 0.0704. The average Bonchev–Trinajstić information content (AvgIpc) is 2.91. The van der Waals surface area contributed by atoms with E-state index < -0.39 is 28.5 Å². The molecule has 38 heavy (non-hydrogen) atoms. The van der Waals surface area contributed by atoms with Crippen molar-refractivity contribution >= 4 is 33.2 Å². The Balaban J connectivity index is 1.71. The summed E-state index contributed by atoms with van der Waals surface area (Å²) in [5.41, 5.74) is 4.03. The van der Waals surface area contributed by atoms with Crippen LogP contribution >= 0.6 is 11.6 Å². The van der Waals surface area contributed by atoms with Crippen molar-refractivity contribution in [1.29, 1.82) is 0 Å². The molecule has 4 rings (SSSR count). The Labute approximate surface area is 228 Å². The lowest BCUT2D eigenvalue weighted by Gasteiger charge is -2.26. The van der Waals surface area contributed by atoms with Crippen molar-refractivity contribution in [2.45, 2.75) is 24.8 Å². The topological polar surface area (TPSA) is 75.7 Å². The van der Waals surface area contributed by atoms with E-state index in [4.69, 9.17) is 16.3 Å². The first-order valence-electron chi connectivity index (χ1n) is 12.0. The SMILES string of the molecule is COc1ccc(N(CC(=O)NC(c2ccccc2)c2ccc(C)cc2)S(=O)(=O)c2ccc(C)cc2)cc1Cl. The van der Waals surface area contributed by atoms with Crippen LogP contribution in [0.25, 0.3) is 0 Å². The van der Waals surface area contributed by atoms with Crippen molar-refractivity contribution in [3.63, 3.8) is 0 Å². The van der Waals surface area contributed by atoms with Crippen molar-refractivity contribution in [3.8, 4) is 5.75 Å². The van der Waals surface area contributed by atoms with E-state index in [9.17, 15) is 13.2 Å². The van der Waals surface area contributed by atoms with Crippen LogP contribution in [0.2, 0.25) is 5.02 Å². The number of benzene rings is 4. The number of carbonyl (C=O) groups excluding carboxylic acids is 1. The Kier molecular flexibility index (Phi) is 8.39. The van der Waals surface area contributed by atoms with Gasteiger partial charge in [0.15, 0.2) is 0 Å². The highest BCUT2D eigenvalue weighted by atomic mass is 35.5. The Morgan fingerprint density at radius 1 is 0.868 bits per heavy atom. The number of ether oxygens (including phenoxy) is 1. The van der Waals surface area contributed by atoms with Crippen LogP contribution in [-0.2, 0) is 14.8 Å². The van der Waals surface area contributed by atoms with Crippen molar-refractivity contribution in [3.05, 3.63) is 124 Å². The molecular formula is C30H29ClN2O4S. The fourth-order valence-electron chi connectivity index (χ4n) is 4.06. The number of sulfonamides is 1. The van der Waals surface area contributed by atoms with Crippen molar-refractivity contribution in [1.82, 2.24) is 5.32 Å². The monoisotopic (exact) mass is 548 g/mol. The summed E-state index contributed by atoms with van der Waals surface area (Å²) in [6.45, 7) is 3.42. The molecule has 0 aliphatic rings. The molecule has 0 fully saturated rings. The zero-order valence-corrected chi connectivity index (χ0v) is 23.0. The molecule has 0 aliphatic carbocycles. The number of rotatable bonds is 9. The van der Waals surface area contributed by atoms with E-state index in [1.54, 1.807) is 24.3 Å². The van der Waals surface area contributed by atoms with Crippen LogP contribution in [0.5, 0.6) is 5.75 Å². The lowest BCUT2D eigenvalue weighted by Crippen LogP contribution is -2.42. The molecule has 1 N–H and O–H groups in total. The molecule has 196 valence electrons. The van der Waals surface area contributed by atoms with Crippen LogP contribution in [0, 0.1) is 13.8 Å². The predicted molar refractivity (Wildman–Crippen MR) is 151 cm³/mol. The average molecular weight is 549 g/mol. The summed E-state index contributed by atoms with van der Waals surface area (Å²) >= 11 is 6.34. The molecule has 0 bridgehead atoms. The van der Waals surface area contributed by atoms with E-state index >= 15 is 0 Å². The fourth-order valence-corrected chi connectivity index (χ4v) is 5.73. The third kappa shape index (κ3) is 6.18. The molecule has 4 aromatic carbocycles. The molecule has 0 aliphatic heterocycles. The highest BCUT2D eigenvalue weighted by Gasteiger charge is 2.29. The summed E-state index contributed by atoms with van der Waals surface area (Å²) in [4.78, 5) is 13.6. The number of hydrogen-bond acceptors (Lipinski definition) is 4. The first kappa shape index (κ1) is 27.2. The van der Waals surface area contributed by atoms with Gasteiger partial charge in [-0.1, -0.05) is 89.5 Å². The number of nitrogens with zero attached hydrogens (tertiary/aromatic N) is 1. The molecule has 1 amide bonds. The molecule has 0 spiro atoms. The molecule has 6 nitrogen and oxygen atoms in total. The van der Waals surface area contributed by atoms with E-state index in [0.29, 0.717) is 5.75 Å². The van der Waals surface area contributed by atoms with Gasteiger partial charge in [0.05, 0.1) is 28.8 Å². The predicted octanol–water partition coefficient (Wildman–Crippen LogP) is 6.07. The van der Waals surface area contributed by atoms with Gasteiger partial charge in [0.2, 0.25) is 5.91 Å². The van der Waals surface area contributed by atoms with Gasteiger partial charge in [-0.15, -0.1) is 0 Å². The molecule has 0 saturated heterocycles. The third-order valence-corrected chi connectivity index (χ3v) is 8.25. The molecule has 4 aromatic rings. The number of carbonyl (C=O) groups is 1. The van der Waals surface area contributed by atoms with Gasteiger partial charge in [0.25, 0.3) is 10.0 Å². The third-order valence-electron chi connectivity index (χ3n) is 6.17. The molecule has 1 atom stereocenters. The normalized spacial score (nSPS) is 12.0. The molecule has 0 radical (unpaired) electrons. The highest BCUT2D eigenvalue weighted by Crippen LogP contribution is 2.32. The second-order valence-corrected chi connectivity index (χ2v) is 11.2. The van der Waals surface area contributed by atoms with E-state index in [0.717, 1.165) is 26.6 Å². The standard InChI is InChI=1S/C30H29ClN2O4S/c1-21-9-13-24(14-10-21)30(23-7-5-4-6-8-23)32-29(34)20-33(25-15-18-28(37-3)27(31)19-25)38(35,36)26-16-11-22(2)12-17-26/h4-19,30H,20H2,1-3H3,(H,32,34). The maximum Gasteiger partial charge on any atom is 0.264 e. The van der Waals surface area contributed by atoms with Crippen LogP contribution in [0.4, 0.5) is 5.69 Å². The van der Waals surface area contributed by atoms with Crippen LogP contribution < -0.4 is 14.4 Å². The van der Waals surface area contributed by atoms with Gasteiger partial charge >= 0.3 is 0 Å². The van der Waals surface area contributed by atoms with Gasteiger partial charge in [0, 0.05) is 0 Å². The summed E-state index contributed by atoms with van der Waals surface area (Å²) in [6, 6.07) is 28.1. The minimum Gasteiger partial charge on any atom is -0.495 e. The molecule has 0 aromatic heterocycles. The summed E-state index contributed by atoms with van der Waals surface area (Å²) in [6.07, 6.45) is 0. The molecule has 0 heterocycles. The van der Waals surface area contributed by atoms with Gasteiger partial charge in [-0.2, -0.15) is 0 Å². The van der Waals surface area contributed by atoms with Crippen molar-refractivity contribution in [2.24, 2.45) is 0 Å². The molecule has 1 unspecified atom stereocenters. The summed E-state index contributed by atoms with van der Waals surface area (Å²) in [5, 5.41) is 3.27. The van der Waals surface area contributed by atoms with Gasteiger partial charge in [-0.25, -0.2) is 8.42 Å². The summed E-state index contributed by atoms with van der Waals surface area (Å²) < 4.78 is 33.8. The number of halogens is 1. The second kappa shape index (κ2) is 11.7. The fraction of sp³-hybridized carbons (Fsp3) is 0.167. The Bertz CT molecular complexity index is 1510. The second-order valence-electron chi connectivity index (χ2n) is 8.97. The van der Waals surface area contributed by atoms with Crippen molar-refractivity contribution < 1.29 is 17.9 Å². The van der Waals surface area contributed by atoms with E-state index in [1.807, 2.05) is 68.4 Å². The number of hydrogen-bond donors (Lipinski definition) is 1. The van der Waals surface area contributed by atoms with Crippen molar-refractivity contribution in [2.75, 3.05) is 18.0 Å². The smallest absolute Gasteiger partial charge is 0.264 e. The van der Waals surface area contributed by atoms with Gasteiger partial charge in [-0.3, -0.25) is 9.10 Å². The zero-order valence-electron chi connectivity index (χ0n) is 21.4. The number of methoxy groups -OCH3 is 1. The lowest BCUT2D eigenvalue weighted by molar-refractivity contribution is -0.120. The molecule has 0 saturated carbocycles. The Morgan fingerprint density at radius 3 is 2.03 bits per heavy atom. The lowest BCUT2D eigenvalue weighted by atomic mass is 9.98. The summed E-state index contributed by atoms with van der Waals surface area (Å²) in [7, 11) is -2.62. The maximum atomic E-state index is 13.8. The largest absolute Gasteiger partial charge is 0.495 e. The van der Waals surface area contributed by atoms with Gasteiger partial charge < -0.3 is 10.1 Å². The number of aryl methyl sites for hydroxylation is 2. The quantitative estimate of drug-likeness (QED) is 0.275. The highest BCUT2D eigenvalue weighted by molar-refractivity contribution is 7.92. The van der Waals surface area contributed by atoms with Crippen LogP contribution in [0.15, 0.2) is 102 Å². The number of amides is 1. The minimum atomic E-state index is -4.10. The van der Waals surface area contributed by atoms with Crippen LogP contribution in [0.1, 0.15) is 28.3 Å². The maximum absolute atomic E-state index is 13.8. The molecule has 8 heteroatoms. The first-order chi connectivity index (χ1) is 18.2. The van der Waals surface area contributed by atoms with E-state index in [-0.39, 0.29) is 15.6 Å². The zero-order chi connectivity index (χ0) is 27.3. The Hall–Kier alpha value is -3.81. The van der Waals surface area contributed by atoms with Gasteiger partial charge in [0.1, 0.15) is 12.3 Å². The Morgan fingerprint density at radius 2 is 1.45 bits per heavy atom. The van der Waals surface area contributed by atoms with Gasteiger partial charge in [-0.05, 0) is 55.3 Å². The molecular weight excluding hydrogens is 520 g/mol. The first-order valence-corrected chi connectivity index (χ1v) is 13.8. The number of nitrogens with one attached hydrogen (secondary N) is 1. The van der Waals surface area contributed by atoms with Crippen LogP contribution in [-0.4, -0.2) is 28.0 Å². The summed E-state index contributed by atoms with van der Waals surface area (Å²) in [5.74, 6) is -0.0712. The van der Waals surface area contributed by atoms with E-state index in [2.05, 4.69) is 5.32 Å². The van der Waals surface area contributed by atoms with E-state index in [1.165, 1.54) is 25.3 Å².